The van der Waals surface area contributed by atoms with Gasteiger partial charge in [0.2, 0.25) is 0 Å². The molecule has 0 fully saturated rings. The zero-order valence-electron chi connectivity index (χ0n) is 8.10. The zero-order chi connectivity index (χ0) is 10.1. The molecular weight excluding hydrogens is 200 g/mol. The van der Waals surface area contributed by atoms with Gasteiger partial charge in [-0.25, -0.2) is 0 Å². The Bertz CT molecular complexity index is 479. The molecule has 0 spiro atoms. The number of hydrogen-bond acceptors (Lipinski definition) is 1. The van der Waals surface area contributed by atoms with Crippen LogP contribution in [0.15, 0.2) is 52.3 Å². The Kier molecular flexibility index (Phi) is 2.11. The molecule has 1 heterocycles. The molecule has 2 aromatic carbocycles. The quantitative estimate of drug-likeness (QED) is 0.536. The Morgan fingerprint density at radius 1 is 0.867 bits per heavy atom. The highest BCUT2D eigenvalue weighted by atomic mass is 32.2. The molecule has 15 heavy (non-hydrogen) atoms. The van der Waals surface area contributed by atoms with E-state index in [0.717, 1.165) is 0 Å². The molecule has 0 saturated carbocycles. The van der Waals surface area contributed by atoms with Crippen LogP contribution in [-0.4, -0.2) is 0 Å². The number of hydrogen-bond donors (Lipinski definition) is 0. The van der Waals surface area contributed by atoms with Gasteiger partial charge in [0.05, 0.1) is 0 Å². The van der Waals surface area contributed by atoms with Crippen LogP contribution in [0.4, 0.5) is 0 Å². The molecule has 0 aliphatic carbocycles. The number of benzene rings is 2. The summed E-state index contributed by atoms with van der Waals surface area (Å²) >= 11 is 1.81. The van der Waals surface area contributed by atoms with Crippen molar-refractivity contribution in [3.05, 3.63) is 59.7 Å². The topological polar surface area (TPSA) is 0 Å². The summed E-state index contributed by atoms with van der Waals surface area (Å²) in [6, 6.07) is 17.7. The lowest BCUT2D eigenvalue weighted by Gasteiger charge is -2.03. The highest BCUT2D eigenvalue weighted by Crippen LogP contribution is 2.36. The molecule has 0 nitrogen and oxygen atoms in total. The summed E-state index contributed by atoms with van der Waals surface area (Å²) in [5, 5.41) is 0. The molecule has 1 aliphatic heterocycles. The molecular formula is C14H9S. The van der Waals surface area contributed by atoms with E-state index < -0.39 is 0 Å². The average Bonchev–Trinajstić information content (AvgIpc) is 2.48. The predicted molar refractivity (Wildman–Crippen MR) is 64.8 cm³/mol. The smallest absolute Gasteiger partial charge is 0.0201 e. The van der Waals surface area contributed by atoms with Gasteiger partial charge in [0.25, 0.3) is 0 Å². The van der Waals surface area contributed by atoms with E-state index in [-0.39, 0.29) is 0 Å². The third-order valence-corrected chi connectivity index (χ3v) is 3.60. The summed E-state index contributed by atoms with van der Waals surface area (Å²) in [4.78, 5) is 2.59. The van der Waals surface area contributed by atoms with Crippen LogP contribution in [0.2, 0.25) is 0 Å². The second-order valence-corrected chi connectivity index (χ2v) is 4.52. The monoisotopic (exact) mass is 209 g/mol. The van der Waals surface area contributed by atoms with Crippen molar-refractivity contribution in [2.24, 2.45) is 0 Å². The van der Waals surface area contributed by atoms with Gasteiger partial charge >= 0.3 is 0 Å². The summed E-state index contributed by atoms with van der Waals surface area (Å²) in [6.07, 6.45) is 4.34. The molecule has 0 N–H and O–H groups in total. The Balaban J connectivity index is 2.19. The molecule has 0 aromatic heterocycles. The lowest BCUT2D eigenvalue weighted by atomic mass is 10.1. The molecule has 2 aromatic rings. The van der Waals surface area contributed by atoms with E-state index in [1.54, 1.807) is 0 Å². The Morgan fingerprint density at radius 3 is 2.60 bits per heavy atom. The van der Waals surface area contributed by atoms with Gasteiger partial charge in [0.15, 0.2) is 0 Å². The summed E-state index contributed by atoms with van der Waals surface area (Å²) in [5.74, 6) is 0. The van der Waals surface area contributed by atoms with Crippen LogP contribution in [0.1, 0.15) is 11.1 Å². The molecule has 0 unspecified atom stereocenters. The van der Waals surface area contributed by atoms with Gasteiger partial charge in [-0.1, -0.05) is 54.2 Å². The maximum Gasteiger partial charge on any atom is 0.0201 e. The Morgan fingerprint density at radius 2 is 1.67 bits per heavy atom. The fourth-order valence-corrected chi connectivity index (χ4v) is 2.68. The first-order chi connectivity index (χ1) is 7.43. The van der Waals surface area contributed by atoms with Crippen molar-refractivity contribution in [2.75, 3.05) is 0 Å². The molecule has 0 bridgehead atoms. The minimum absolute atomic E-state index is 1.27. The molecule has 1 heteroatoms. The second-order valence-electron chi connectivity index (χ2n) is 3.44. The van der Waals surface area contributed by atoms with Crippen LogP contribution in [0.3, 0.4) is 0 Å². The Hall–Kier alpha value is -1.47. The SMILES string of the molecule is [c]1ccc2c(c1)Sc1ccccc1C=C2. The van der Waals surface area contributed by atoms with Gasteiger partial charge in [-0.15, -0.1) is 0 Å². The molecule has 3 rings (SSSR count). The van der Waals surface area contributed by atoms with Crippen molar-refractivity contribution in [3.8, 4) is 0 Å². The fraction of sp³-hybridized carbons (Fsp3) is 0. The van der Waals surface area contributed by atoms with E-state index in [2.05, 4.69) is 48.6 Å². The third-order valence-electron chi connectivity index (χ3n) is 2.44. The van der Waals surface area contributed by atoms with Gasteiger partial charge in [0.1, 0.15) is 0 Å². The fourth-order valence-electron chi connectivity index (χ4n) is 1.66. The summed E-state index contributed by atoms with van der Waals surface area (Å²) in [5.41, 5.74) is 2.56. The number of rotatable bonds is 0. The second kappa shape index (κ2) is 3.59. The largest absolute Gasteiger partial charge is 0.0888 e. The van der Waals surface area contributed by atoms with E-state index in [1.165, 1.54) is 20.9 Å². The lowest BCUT2D eigenvalue weighted by molar-refractivity contribution is 1.38. The standard InChI is InChI=1S/C14H9S/c1-3-7-13-11(5-1)9-10-12-6-2-4-8-14(12)15-13/h1-3,5-10H. The normalized spacial score (nSPS) is 12.8. The van der Waals surface area contributed by atoms with E-state index in [1.807, 2.05) is 23.9 Å². The van der Waals surface area contributed by atoms with Crippen molar-refractivity contribution in [1.29, 1.82) is 0 Å². The van der Waals surface area contributed by atoms with Crippen LogP contribution in [-0.2, 0) is 0 Å². The van der Waals surface area contributed by atoms with Gasteiger partial charge in [-0.3, -0.25) is 0 Å². The van der Waals surface area contributed by atoms with Gasteiger partial charge in [0, 0.05) is 9.79 Å². The first kappa shape index (κ1) is 8.81. The minimum atomic E-state index is 1.27. The van der Waals surface area contributed by atoms with Crippen LogP contribution in [0, 0.1) is 6.07 Å². The van der Waals surface area contributed by atoms with Crippen molar-refractivity contribution < 1.29 is 0 Å². The zero-order valence-corrected chi connectivity index (χ0v) is 8.92. The highest BCUT2D eigenvalue weighted by molar-refractivity contribution is 7.99. The minimum Gasteiger partial charge on any atom is -0.0888 e. The van der Waals surface area contributed by atoms with E-state index in [4.69, 9.17) is 0 Å². The van der Waals surface area contributed by atoms with Crippen molar-refractivity contribution in [1.82, 2.24) is 0 Å². The average molecular weight is 209 g/mol. The number of fused-ring (bicyclic) bond motifs is 2. The van der Waals surface area contributed by atoms with E-state index >= 15 is 0 Å². The summed E-state index contributed by atoms with van der Waals surface area (Å²) in [6.45, 7) is 0. The molecule has 0 saturated heterocycles. The first-order valence-corrected chi connectivity index (χ1v) is 5.70. The third kappa shape index (κ3) is 1.59. The van der Waals surface area contributed by atoms with Crippen molar-refractivity contribution in [3.63, 3.8) is 0 Å². The summed E-state index contributed by atoms with van der Waals surface area (Å²) < 4.78 is 0. The first-order valence-electron chi connectivity index (χ1n) is 4.88. The molecule has 0 amide bonds. The molecule has 1 aliphatic rings. The van der Waals surface area contributed by atoms with Gasteiger partial charge < -0.3 is 0 Å². The lowest BCUT2D eigenvalue weighted by Crippen LogP contribution is -1.77. The van der Waals surface area contributed by atoms with Crippen LogP contribution in [0.5, 0.6) is 0 Å². The van der Waals surface area contributed by atoms with Crippen LogP contribution >= 0.6 is 11.8 Å². The van der Waals surface area contributed by atoms with Crippen LogP contribution in [0.25, 0.3) is 12.2 Å². The maximum atomic E-state index is 3.12. The van der Waals surface area contributed by atoms with Crippen molar-refractivity contribution in [2.45, 2.75) is 9.79 Å². The molecule has 0 atom stereocenters. The van der Waals surface area contributed by atoms with Crippen molar-refractivity contribution >= 4 is 23.9 Å². The molecule has 1 radical (unpaired) electrons. The van der Waals surface area contributed by atoms with Gasteiger partial charge in [-0.05, 0) is 29.3 Å². The van der Waals surface area contributed by atoms with Gasteiger partial charge in [-0.2, -0.15) is 0 Å². The molecule has 71 valence electrons. The summed E-state index contributed by atoms with van der Waals surface area (Å²) in [7, 11) is 0. The Labute approximate surface area is 93.6 Å². The highest BCUT2D eigenvalue weighted by Gasteiger charge is 2.07. The van der Waals surface area contributed by atoms with E-state index in [9.17, 15) is 0 Å². The van der Waals surface area contributed by atoms with E-state index in [0.29, 0.717) is 0 Å². The van der Waals surface area contributed by atoms with Crippen LogP contribution < -0.4 is 0 Å². The predicted octanol–water partition coefficient (Wildman–Crippen LogP) is 4.12. The maximum absolute atomic E-state index is 3.12.